The summed E-state index contributed by atoms with van der Waals surface area (Å²) in [5, 5.41) is 14.5. The Morgan fingerprint density at radius 1 is 1.06 bits per heavy atom. The van der Waals surface area contributed by atoms with Crippen LogP contribution in [0.2, 0.25) is 0 Å². The van der Waals surface area contributed by atoms with Gasteiger partial charge < -0.3 is 20.5 Å². The maximum absolute atomic E-state index is 12.6. The lowest BCUT2D eigenvalue weighted by Crippen LogP contribution is -2.53. The molecule has 7 nitrogen and oxygen atoms in total. The average Bonchev–Trinajstić information content (AvgIpc) is 3.48. The minimum Gasteiger partial charge on any atom is -0.480 e. The highest BCUT2D eigenvalue weighted by atomic mass is 16.5. The van der Waals surface area contributed by atoms with E-state index in [1.54, 1.807) is 0 Å². The zero-order chi connectivity index (χ0) is 22.0. The highest BCUT2D eigenvalue weighted by Crippen LogP contribution is 2.44. The van der Waals surface area contributed by atoms with Crippen molar-refractivity contribution in [3.63, 3.8) is 0 Å². The number of rotatable bonds is 8. The molecule has 0 spiro atoms. The molecule has 0 heterocycles. The molecule has 2 aromatic rings. The van der Waals surface area contributed by atoms with E-state index in [0.717, 1.165) is 22.3 Å². The van der Waals surface area contributed by atoms with Gasteiger partial charge in [0.25, 0.3) is 0 Å². The number of carbonyl (C=O) groups is 3. The second kappa shape index (κ2) is 8.41. The summed E-state index contributed by atoms with van der Waals surface area (Å²) < 4.78 is 5.51. The molecule has 2 aromatic carbocycles. The number of nitrogens with one attached hydrogen (secondary N) is 2. The van der Waals surface area contributed by atoms with Crippen molar-refractivity contribution in [2.24, 2.45) is 0 Å². The molecule has 1 atom stereocenters. The number of ether oxygens (including phenoxy) is 1. The number of carboxylic acids is 1. The first-order valence-electron chi connectivity index (χ1n) is 10.6. The van der Waals surface area contributed by atoms with Crippen LogP contribution in [0.4, 0.5) is 4.79 Å². The molecule has 1 saturated carbocycles. The number of fused-ring (bicyclic) bond motifs is 3. The lowest BCUT2D eigenvalue weighted by atomic mass is 9.98. The monoisotopic (exact) mass is 422 g/mol. The van der Waals surface area contributed by atoms with Gasteiger partial charge in [-0.2, -0.15) is 0 Å². The molecule has 0 bridgehead atoms. The van der Waals surface area contributed by atoms with Crippen LogP contribution in [0, 0.1) is 0 Å². The lowest BCUT2D eigenvalue weighted by Gasteiger charge is -2.21. The Hall–Kier alpha value is -3.35. The molecule has 2 amide bonds. The summed E-state index contributed by atoms with van der Waals surface area (Å²) >= 11 is 0. The van der Waals surface area contributed by atoms with E-state index >= 15 is 0 Å². The van der Waals surface area contributed by atoms with Gasteiger partial charge in [-0.05, 0) is 41.5 Å². The van der Waals surface area contributed by atoms with Crippen molar-refractivity contribution in [1.82, 2.24) is 10.6 Å². The summed E-state index contributed by atoms with van der Waals surface area (Å²) in [4.78, 5) is 36.4. The minimum absolute atomic E-state index is 0.0710. The molecule has 0 saturated heterocycles. The van der Waals surface area contributed by atoms with Crippen LogP contribution in [0.1, 0.15) is 49.7 Å². The summed E-state index contributed by atoms with van der Waals surface area (Å²) in [6.07, 6.45) is 1.17. The molecule has 0 aromatic heterocycles. The third kappa shape index (κ3) is 4.13. The van der Waals surface area contributed by atoms with E-state index in [1.807, 2.05) is 43.3 Å². The van der Waals surface area contributed by atoms with Gasteiger partial charge >= 0.3 is 12.1 Å². The highest BCUT2D eigenvalue weighted by Gasteiger charge is 2.52. The number of carbonyl (C=O) groups excluding carboxylic acids is 2. The van der Waals surface area contributed by atoms with Crippen LogP contribution < -0.4 is 10.6 Å². The van der Waals surface area contributed by atoms with E-state index in [-0.39, 0.29) is 12.5 Å². The van der Waals surface area contributed by atoms with Gasteiger partial charge in [0, 0.05) is 5.92 Å². The number of aliphatic carboxylic acids is 1. The Labute approximate surface area is 180 Å². The number of hydrogen-bond donors (Lipinski definition) is 3. The summed E-state index contributed by atoms with van der Waals surface area (Å²) in [6.45, 7) is 2.04. The van der Waals surface area contributed by atoms with E-state index in [1.165, 1.54) is 0 Å². The number of benzene rings is 2. The summed E-state index contributed by atoms with van der Waals surface area (Å²) in [6, 6.07) is 15.3. The van der Waals surface area contributed by atoms with Gasteiger partial charge in [-0.3, -0.25) is 4.79 Å². The number of alkyl carbamates (subject to hydrolysis) is 1. The third-order valence-electron chi connectivity index (χ3n) is 6.05. The predicted octanol–water partition coefficient (Wildman–Crippen LogP) is 3.43. The van der Waals surface area contributed by atoms with Gasteiger partial charge in [0.05, 0.1) is 0 Å². The molecule has 7 heteroatoms. The molecule has 0 radical (unpaired) electrons. The van der Waals surface area contributed by atoms with Crippen LogP contribution >= 0.6 is 0 Å². The first-order chi connectivity index (χ1) is 14.9. The van der Waals surface area contributed by atoms with Gasteiger partial charge in [-0.1, -0.05) is 61.9 Å². The van der Waals surface area contributed by atoms with Crippen LogP contribution in [0.15, 0.2) is 48.5 Å². The molecule has 0 aliphatic heterocycles. The van der Waals surface area contributed by atoms with Crippen molar-refractivity contribution >= 4 is 18.0 Å². The quantitative estimate of drug-likeness (QED) is 0.605. The fourth-order valence-corrected chi connectivity index (χ4v) is 4.18. The molecular weight excluding hydrogens is 396 g/mol. The van der Waals surface area contributed by atoms with E-state index in [2.05, 4.69) is 22.8 Å². The first-order valence-corrected chi connectivity index (χ1v) is 10.6. The summed E-state index contributed by atoms with van der Waals surface area (Å²) in [5.41, 5.74) is 3.30. The van der Waals surface area contributed by atoms with E-state index in [9.17, 15) is 19.5 Å². The fraction of sp³-hybridized carbons (Fsp3) is 0.375. The van der Waals surface area contributed by atoms with E-state index in [0.29, 0.717) is 25.7 Å². The van der Waals surface area contributed by atoms with Crippen molar-refractivity contribution in [3.8, 4) is 11.1 Å². The Morgan fingerprint density at radius 3 is 2.16 bits per heavy atom. The Balaban J connectivity index is 1.40. The molecule has 1 fully saturated rings. The van der Waals surface area contributed by atoms with Crippen LogP contribution in [0.25, 0.3) is 11.1 Å². The molecule has 0 unspecified atom stereocenters. The maximum Gasteiger partial charge on any atom is 0.407 e. The number of carboxylic acid groups (broad SMARTS) is 1. The van der Waals surface area contributed by atoms with Gasteiger partial charge in [-0.15, -0.1) is 0 Å². The molecule has 3 N–H and O–H groups in total. The second-order valence-corrected chi connectivity index (χ2v) is 8.19. The summed E-state index contributed by atoms with van der Waals surface area (Å²) in [7, 11) is 0. The van der Waals surface area contributed by atoms with Crippen molar-refractivity contribution in [2.75, 3.05) is 6.61 Å². The van der Waals surface area contributed by atoms with Crippen molar-refractivity contribution in [3.05, 3.63) is 59.7 Å². The molecule has 31 heavy (non-hydrogen) atoms. The van der Waals surface area contributed by atoms with Gasteiger partial charge in [0.15, 0.2) is 0 Å². The molecule has 2 aliphatic carbocycles. The van der Waals surface area contributed by atoms with Crippen molar-refractivity contribution in [1.29, 1.82) is 0 Å². The zero-order valence-corrected chi connectivity index (χ0v) is 17.4. The molecule has 162 valence electrons. The normalized spacial score (nSPS) is 16.5. The van der Waals surface area contributed by atoms with Crippen LogP contribution in [0.5, 0.6) is 0 Å². The van der Waals surface area contributed by atoms with Gasteiger partial charge in [0.2, 0.25) is 5.91 Å². The smallest absolute Gasteiger partial charge is 0.407 e. The Bertz CT molecular complexity index is 969. The van der Waals surface area contributed by atoms with Crippen LogP contribution in [0.3, 0.4) is 0 Å². The maximum atomic E-state index is 12.6. The highest BCUT2D eigenvalue weighted by molar-refractivity contribution is 5.93. The second-order valence-electron chi connectivity index (χ2n) is 8.19. The van der Waals surface area contributed by atoms with Gasteiger partial charge in [-0.25, -0.2) is 9.59 Å². The Morgan fingerprint density at radius 2 is 1.65 bits per heavy atom. The Kier molecular flexibility index (Phi) is 5.67. The van der Waals surface area contributed by atoms with Crippen molar-refractivity contribution < 1.29 is 24.2 Å². The molecule has 4 rings (SSSR count). The average molecular weight is 422 g/mol. The summed E-state index contributed by atoms with van der Waals surface area (Å²) in [5.74, 6) is -1.61. The topological polar surface area (TPSA) is 105 Å². The van der Waals surface area contributed by atoms with Crippen molar-refractivity contribution in [2.45, 2.75) is 50.1 Å². The minimum atomic E-state index is -1.19. The lowest BCUT2D eigenvalue weighted by molar-refractivity contribution is -0.143. The predicted molar refractivity (Wildman–Crippen MR) is 115 cm³/mol. The van der Waals surface area contributed by atoms with Crippen LogP contribution in [-0.2, 0) is 14.3 Å². The van der Waals surface area contributed by atoms with E-state index < -0.39 is 29.6 Å². The standard InChI is InChI=1S/C24H26N2O5/c1-2-7-20(21(27)26-24(12-13-24)22(28)29)25-23(30)31-14-19-17-10-5-3-8-15(17)16-9-4-6-11-18(16)19/h3-6,8-11,19-20H,2,7,12-14H2,1H3,(H,25,30)(H,26,27)(H,28,29)/t20-/m1/s1. The number of amides is 2. The molecule has 2 aliphatic rings. The fourth-order valence-electron chi connectivity index (χ4n) is 4.18. The largest absolute Gasteiger partial charge is 0.480 e. The van der Waals surface area contributed by atoms with E-state index in [4.69, 9.17) is 4.74 Å². The number of hydrogen-bond acceptors (Lipinski definition) is 4. The SMILES string of the molecule is CCC[C@@H](NC(=O)OCC1c2ccccc2-c2ccccc21)C(=O)NC1(C(=O)O)CC1. The third-order valence-corrected chi connectivity index (χ3v) is 6.05. The molecular formula is C24H26N2O5. The zero-order valence-electron chi connectivity index (χ0n) is 17.4. The first kappa shape index (κ1) is 20.9. The van der Waals surface area contributed by atoms with Gasteiger partial charge in [0.1, 0.15) is 18.2 Å². The van der Waals surface area contributed by atoms with Crippen LogP contribution in [-0.4, -0.2) is 41.3 Å².